The van der Waals surface area contributed by atoms with Crippen molar-refractivity contribution in [3.8, 4) is 0 Å². The minimum atomic E-state index is -0.700. The van der Waals surface area contributed by atoms with E-state index in [1.807, 2.05) is 0 Å². The molecule has 0 unspecified atom stereocenters. The lowest BCUT2D eigenvalue weighted by molar-refractivity contribution is -0.153. The van der Waals surface area contributed by atoms with E-state index in [0.29, 0.717) is 6.61 Å². The van der Waals surface area contributed by atoms with Crippen LogP contribution in [0, 0.1) is 0 Å². The summed E-state index contributed by atoms with van der Waals surface area (Å²) in [6.07, 6.45) is -0.686. The zero-order chi connectivity index (χ0) is 12.0. The monoisotopic (exact) mass is 217 g/mol. The normalized spacial score (nSPS) is 14.2. The summed E-state index contributed by atoms with van der Waals surface area (Å²) in [5, 5.41) is 9.03. The molecule has 2 atom stereocenters. The fraction of sp³-hybridized carbons (Fsp3) is 0.800. The molecule has 88 valence electrons. The van der Waals surface area contributed by atoms with Gasteiger partial charge in [0.25, 0.3) is 0 Å². The predicted octanol–water partition coefficient (Wildman–Crippen LogP) is 0.167. The summed E-state index contributed by atoms with van der Waals surface area (Å²) in [7, 11) is 1.52. The molecule has 0 bridgehead atoms. The van der Waals surface area contributed by atoms with E-state index < -0.39 is 18.1 Å². The van der Waals surface area contributed by atoms with Crippen LogP contribution in [0.3, 0.4) is 0 Å². The number of rotatable bonds is 5. The summed E-state index contributed by atoms with van der Waals surface area (Å²) in [5.41, 5.74) is 0. The van der Waals surface area contributed by atoms with Crippen LogP contribution in [-0.4, -0.2) is 47.7 Å². The summed E-state index contributed by atoms with van der Waals surface area (Å²) < 4.78 is 4.78. The lowest BCUT2D eigenvalue weighted by atomic mass is 10.2. The molecule has 5 heteroatoms. The van der Waals surface area contributed by atoms with Crippen LogP contribution < -0.4 is 0 Å². The number of hydrogen-bond donors (Lipinski definition) is 1. The third-order valence-corrected chi connectivity index (χ3v) is 2.07. The van der Waals surface area contributed by atoms with Crippen LogP contribution in [0.5, 0.6) is 0 Å². The zero-order valence-electron chi connectivity index (χ0n) is 9.69. The molecule has 0 saturated heterocycles. The highest BCUT2D eigenvalue weighted by Gasteiger charge is 2.23. The number of esters is 1. The van der Waals surface area contributed by atoms with Gasteiger partial charge in [-0.3, -0.25) is 4.79 Å². The van der Waals surface area contributed by atoms with Crippen molar-refractivity contribution in [2.24, 2.45) is 0 Å². The molecule has 0 saturated carbocycles. The van der Waals surface area contributed by atoms with Crippen LogP contribution >= 0.6 is 0 Å². The van der Waals surface area contributed by atoms with Crippen LogP contribution in [0.4, 0.5) is 0 Å². The SMILES string of the molecule is CCOC(=O)[C@@H](C)N(C)C(=O)C[C@H](C)O. The van der Waals surface area contributed by atoms with Gasteiger partial charge in [0.1, 0.15) is 6.04 Å². The van der Waals surface area contributed by atoms with Gasteiger partial charge in [-0.1, -0.05) is 0 Å². The van der Waals surface area contributed by atoms with Crippen molar-refractivity contribution >= 4 is 11.9 Å². The van der Waals surface area contributed by atoms with Crippen LogP contribution in [-0.2, 0) is 14.3 Å². The average molecular weight is 217 g/mol. The molecule has 0 rings (SSSR count). The predicted molar refractivity (Wildman–Crippen MR) is 55.2 cm³/mol. The molecule has 0 spiro atoms. The number of carbonyl (C=O) groups excluding carboxylic acids is 2. The first-order chi connectivity index (χ1) is 6.90. The van der Waals surface area contributed by atoms with Gasteiger partial charge in [-0.2, -0.15) is 0 Å². The average Bonchev–Trinajstić information content (AvgIpc) is 2.14. The molecule has 15 heavy (non-hydrogen) atoms. The summed E-state index contributed by atoms with van der Waals surface area (Å²) in [5.74, 6) is -0.704. The van der Waals surface area contributed by atoms with E-state index in [9.17, 15) is 9.59 Å². The van der Waals surface area contributed by atoms with Crippen molar-refractivity contribution in [1.82, 2.24) is 4.90 Å². The van der Waals surface area contributed by atoms with Gasteiger partial charge < -0.3 is 14.7 Å². The standard InChI is InChI=1S/C10H19NO4/c1-5-15-10(14)8(3)11(4)9(13)6-7(2)12/h7-8,12H,5-6H2,1-4H3/t7-,8+/m0/s1. The van der Waals surface area contributed by atoms with E-state index in [2.05, 4.69) is 0 Å². The Bertz CT molecular complexity index is 227. The number of aliphatic hydroxyl groups excluding tert-OH is 1. The second-order valence-electron chi connectivity index (χ2n) is 3.49. The third-order valence-electron chi connectivity index (χ3n) is 2.07. The number of likely N-dealkylation sites (N-methyl/N-ethyl adjacent to an activating group) is 1. The number of aliphatic hydroxyl groups is 1. The Morgan fingerprint density at radius 2 is 1.93 bits per heavy atom. The molecule has 0 aliphatic rings. The number of amides is 1. The van der Waals surface area contributed by atoms with E-state index in [4.69, 9.17) is 9.84 Å². The number of hydrogen-bond acceptors (Lipinski definition) is 4. The molecule has 0 aromatic rings. The Labute approximate surface area is 90.0 Å². The second-order valence-corrected chi connectivity index (χ2v) is 3.49. The van der Waals surface area contributed by atoms with E-state index >= 15 is 0 Å². The van der Waals surface area contributed by atoms with E-state index in [1.54, 1.807) is 13.8 Å². The Kier molecular flexibility index (Phi) is 5.93. The van der Waals surface area contributed by atoms with Crippen molar-refractivity contribution in [3.63, 3.8) is 0 Å². The van der Waals surface area contributed by atoms with Gasteiger partial charge in [0, 0.05) is 7.05 Å². The maximum atomic E-state index is 11.5. The highest BCUT2D eigenvalue weighted by Crippen LogP contribution is 2.03. The minimum absolute atomic E-state index is 0.0141. The van der Waals surface area contributed by atoms with E-state index in [1.165, 1.54) is 18.9 Å². The van der Waals surface area contributed by atoms with Crippen molar-refractivity contribution in [2.45, 2.75) is 39.3 Å². The topological polar surface area (TPSA) is 66.8 Å². The highest BCUT2D eigenvalue weighted by atomic mass is 16.5. The number of ether oxygens (including phenoxy) is 1. The second kappa shape index (κ2) is 6.40. The van der Waals surface area contributed by atoms with Gasteiger partial charge in [0.15, 0.2) is 0 Å². The Hall–Kier alpha value is -1.10. The Morgan fingerprint density at radius 1 is 1.40 bits per heavy atom. The molecular formula is C10H19NO4. The van der Waals surface area contributed by atoms with Crippen LogP contribution in [0.25, 0.3) is 0 Å². The van der Waals surface area contributed by atoms with Gasteiger partial charge >= 0.3 is 5.97 Å². The summed E-state index contributed by atoms with van der Waals surface area (Å²) in [6, 6.07) is -0.615. The van der Waals surface area contributed by atoms with Crippen LogP contribution in [0.1, 0.15) is 27.2 Å². The number of carbonyl (C=O) groups is 2. The van der Waals surface area contributed by atoms with E-state index in [0.717, 1.165) is 0 Å². The van der Waals surface area contributed by atoms with Crippen LogP contribution in [0.15, 0.2) is 0 Å². The van der Waals surface area contributed by atoms with Gasteiger partial charge in [-0.25, -0.2) is 4.79 Å². The molecular weight excluding hydrogens is 198 g/mol. The van der Waals surface area contributed by atoms with Crippen molar-refractivity contribution in [3.05, 3.63) is 0 Å². The van der Waals surface area contributed by atoms with Gasteiger partial charge in [-0.15, -0.1) is 0 Å². The Morgan fingerprint density at radius 3 is 2.33 bits per heavy atom. The Balaban J connectivity index is 4.24. The molecule has 0 aromatic heterocycles. The molecule has 1 N–H and O–H groups in total. The lowest BCUT2D eigenvalue weighted by Gasteiger charge is -2.23. The minimum Gasteiger partial charge on any atom is -0.464 e. The van der Waals surface area contributed by atoms with Crippen molar-refractivity contribution in [1.29, 1.82) is 0 Å². The largest absolute Gasteiger partial charge is 0.464 e. The maximum Gasteiger partial charge on any atom is 0.328 e. The van der Waals surface area contributed by atoms with Crippen LogP contribution in [0.2, 0.25) is 0 Å². The molecule has 0 fully saturated rings. The maximum absolute atomic E-state index is 11.5. The summed E-state index contributed by atoms with van der Waals surface area (Å²) in [6.45, 7) is 5.13. The lowest BCUT2D eigenvalue weighted by Crippen LogP contribution is -2.42. The fourth-order valence-corrected chi connectivity index (χ4v) is 1.03. The summed E-state index contributed by atoms with van der Waals surface area (Å²) >= 11 is 0. The van der Waals surface area contributed by atoms with Gasteiger partial charge in [-0.05, 0) is 20.8 Å². The van der Waals surface area contributed by atoms with Gasteiger partial charge in [0.05, 0.1) is 19.1 Å². The first kappa shape index (κ1) is 13.9. The molecule has 5 nitrogen and oxygen atoms in total. The van der Waals surface area contributed by atoms with Crippen molar-refractivity contribution < 1.29 is 19.4 Å². The fourth-order valence-electron chi connectivity index (χ4n) is 1.03. The first-order valence-electron chi connectivity index (χ1n) is 5.00. The molecule has 0 heterocycles. The molecule has 0 aromatic carbocycles. The molecule has 0 aliphatic heterocycles. The third kappa shape index (κ3) is 4.78. The summed E-state index contributed by atoms with van der Waals surface area (Å²) in [4.78, 5) is 24.0. The smallest absolute Gasteiger partial charge is 0.328 e. The molecule has 0 aliphatic carbocycles. The van der Waals surface area contributed by atoms with E-state index in [-0.39, 0.29) is 12.3 Å². The van der Waals surface area contributed by atoms with Gasteiger partial charge in [0.2, 0.25) is 5.91 Å². The first-order valence-corrected chi connectivity index (χ1v) is 5.00. The molecule has 0 radical (unpaired) electrons. The number of nitrogens with zero attached hydrogens (tertiary/aromatic N) is 1. The zero-order valence-corrected chi connectivity index (χ0v) is 9.69. The quantitative estimate of drug-likeness (QED) is 0.666. The molecule has 1 amide bonds. The highest BCUT2D eigenvalue weighted by molar-refractivity contribution is 5.84. The van der Waals surface area contributed by atoms with Crippen molar-refractivity contribution in [2.75, 3.05) is 13.7 Å².